The second-order valence-electron chi connectivity index (χ2n) is 6.43. The highest BCUT2D eigenvalue weighted by atomic mass is 35.5. The molecule has 0 radical (unpaired) electrons. The van der Waals surface area contributed by atoms with E-state index in [9.17, 15) is 14.4 Å². The molecule has 0 spiro atoms. The van der Waals surface area contributed by atoms with Crippen LogP contribution < -0.4 is 21.9 Å². The van der Waals surface area contributed by atoms with Gasteiger partial charge in [0.1, 0.15) is 5.82 Å². The van der Waals surface area contributed by atoms with Crippen LogP contribution in [0.3, 0.4) is 0 Å². The van der Waals surface area contributed by atoms with Crippen molar-refractivity contribution in [2.75, 3.05) is 17.2 Å². The van der Waals surface area contributed by atoms with E-state index in [1.165, 1.54) is 21.6 Å². The van der Waals surface area contributed by atoms with Crippen LogP contribution in [0.25, 0.3) is 0 Å². The molecular weight excluding hydrogens is 403 g/mol. The summed E-state index contributed by atoms with van der Waals surface area (Å²) < 4.78 is 1.29. The van der Waals surface area contributed by atoms with E-state index in [0.717, 1.165) is 12.8 Å². The molecule has 0 saturated heterocycles. The van der Waals surface area contributed by atoms with Crippen LogP contribution in [0.15, 0.2) is 27.8 Å². The van der Waals surface area contributed by atoms with E-state index in [2.05, 4.69) is 4.98 Å². The summed E-state index contributed by atoms with van der Waals surface area (Å²) in [6.07, 6.45) is 3.00. The Morgan fingerprint density at radius 2 is 1.86 bits per heavy atom. The first-order chi connectivity index (χ1) is 13.3. The number of rotatable bonds is 8. The minimum absolute atomic E-state index is 0.0308. The minimum Gasteiger partial charge on any atom is -0.383 e. The number of aromatic nitrogens is 2. The lowest BCUT2D eigenvalue weighted by Crippen LogP contribution is -2.41. The molecule has 1 heterocycles. The molecule has 1 amide bonds. The van der Waals surface area contributed by atoms with E-state index < -0.39 is 17.2 Å². The van der Waals surface area contributed by atoms with Gasteiger partial charge in [0.05, 0.1) is 10.6 Å². The van der Waals surface area contributed by atoms with Crippen molar-refractivity contribution in [2.45, 2.75) is 46.1 Å². The largest absolute Gasteiger partial charge is 0.383 e. The summed E-state index contributed by atoms with van der Waals surface area (Å²) in [5, 5.41) is 0.570. The zero-order valence-corrected chi connectivity index (χ0v) is 17.4. The van der Waals surface area contributed by atoms with Crippen LogP contribution in [-0.4, -0.2) is 22.0 Å². The molecule has 152 valence electrons. The molecule has 0 unspecified atom stereocenters. The molecule has 28 heavy (non-hydrogen) atoms. The zero-order valence-electron chi connectivity index (χ0n) is 15.9. The van der Waals surface area contributed by atoms with Crippen molar-refractivity contribution in [3.63, 3.8) is 0 Å². The fourth-order valence-corrected chi connectivity index (χ4v) is 3.31. The molecule has 0 aliphatic rings. The predicted octanol–water partition coefficient (Wildman–Crippen LogP) is 3.67. The third-order valence-corrected chi connectivity index (χ3v) is 4.91. The number of amides is 1. The summed E-state index contributed by atoms with van der Waals surface area (Å²) in [6, 6.07) is 4.52. The highest BCUT2D eigenvalue weighted by molar-refractivity contribution is 6.37. The minimum atomic E-state index is -0.704. The van der Waals surface area contributed by atoms with Gasteiger partial charge in [0.15, 0.2) is 5.69 Å². The number of H-pyrrole nitrogens is 1. The molecule has 1 aromatic heterocycles. The van der Waals surface area contributed by atoms with Gasteiger partial charge in [0.25, 0.3) is 11.5 Å². The fourth-order valence-electron chi connectivity index (χ4n) is 2.82. The average Bonchev–Trinajstić information content (AvgIpc) is 2.63. The number of carbonyl (C=O) groups is 1. The highest BCUT2D eigenvalue weighted by Crippen LogP contribution is 2.26. The maximum absolute atomic E-state index is 13.2. The number of nitrogens with zero attached hydrogens (tertiary/aromatic N) is 2. The average molecular weight is 427 g/mol. The number of nitrogen functional groups attached to an aromatic ring is 1. The smallest absolute Gasteiger partial charge is 0.330 e. The zero-order chi connectivity index (χ0) is 20.8. The number of aromatic amines is 1. The van der Waals surface area contributed by atoms with Gasteiger partial charge in [-0.05, 0) is 31.0 Å². The lowest BCUT2D eigenvalue weighted by Gasteiger charge is -2.25. The molecule has 0 bridgehead atoms. The Morgan fingerprint density at radius 3 is 2.46 bits per heavy atom. The van der Waals surface area contributed by atoms with E-state index >= 15 is 0 Å². The van der Waals surface area contributed by atoms with Crippen LogP contribution in [0.5, 0.6) is 0 Å². The quantitative estimate of drug-likeness (QED) is 0.671. The Hall–Kier alpha value is -2.25. The topological polar surface area (TPSA) is 101 Å². The number of unbranched alkanes of at least 4 members (excludes halogenated alkanes) is 2. The summed E-state index contributed by atoms with van der Waals surface area (Å²) in [4.78, 5) is 41.5. The van der Waals surface area contributed by atoms with Gasteiger partial charge >= 0.3 is 5.69 Å². The van der Waals surface area contributed by atoms with E-state index in [0.29, 0.717) is 24.4 Å². The van der Waals surface area contributed by atoms with Crippen LogP contribution in [-0.2, 0) is 6.54 Å². The van der Waals surface area contributed by atoms with Crippen molar-refractivity contribution < 1.29 is 4.79 Å². The maximum atomic E-state index is 13.2. The molecule has 9 heteroatoms. The van der Waals surface area contributed by atoms with Crippen molar-refractivity contribution in [3.05, 3.63) is 54.6 Å². The number of nitrogens with two attached hydrogens (primary N) is 1. The molecule has 1 aromatic carbocycles. The Bertz CT molecular complexity index is 969. The van der Waals surface area contributed by atoms with Crippen LogP contribution in [0, 0.1) is 0 Å². The Balaban J connectivity index is 2.61. The third kappa shape index (κ3) is 4.77. The van der Waals surface area contributed by atoms with Gasteiger partial charge in [-0.1, -0.05) is 49.9 Å². The summed E-state index contributed by atoms with van der Waals surface area (Å²) >= 11 is 12.1. The molecular formula is C19H24Cl2N4O3. The molecule has 7 nitrogen and oxygen atoms in total. The molecule has 0 aliphatic carbocycles. The first kappa shape index (κ1) is 22.0. The van der Waals surface area contributed by atoms with E-state index in [1.54, 1.807) is 6.07 Å². The number of benzene rings is 1. The third-order valence-electron chi connectivity index (χ3n) is 4.36. The van der Waals surface area contributed by atoms with Gasteiger partial charge in [0, 0.05) is 18.1 Å². The molecule has 0 saturated carbocycles. The van der Waals surface area contributed by atoms with Crippen molar-refractivity contribution >= 4 is 40.6 Å². The van der Waals surface area contributed by atoms with Crippen LogP contribution in [0.2, 0.25) is 10.0 Å². The summed E-state index contributed by atoms with van der Waals surface area (Å²) in [5.41, 5.74) is 5.04. The number of anilines is 2. The van der Waals surface area contributed by atoms with Crippen molar-refractivity contribution in [2.24, 2.45) is 0 Å². The number of carbonyl (C=O) groups excluding carboxylic acids is 1. The van der Waals surface area contributed by atoms with Crippen LogP contribution in [0.4, 0.5) is 11.5 Å². The SMILES string of the molecule is CCCCN(C(=O)c1ccc(Cl)cc1Cl)c1c(N)n(CCCC)c(=O)[nH]c1=O. The number of hydrogen-bond acceptors (Lipinski definition) is 4. The van der Waals surface area contributed by atoms with E-state index in [4.69, 9.17) is 28.9 Å². The monoisotopic (exact) mass is 426 g/mol. The van der Waals surface area contributed by atoms with Crippen LogP contribution >= 0.6 is 23.2 Å². The van der Waals surface area contributed by atoms with Crippen molar-refractivity contribution in [1.82, 2.24) is 9.55 Å². The Labute approximate surface area is 173 Å². The molecule has 3 N–H and O–H groups in total. The van der Waals surface area contributed by atoms with E-state index in [1.807, 2.05) is 13.8 Å². The van der Waals surface area contributed by atoms with Crippen LogP contribution in [0.1, 0.15) is 49.9 Å². The predicted molar refractivity (Wildman–Crippen MR) is 114 cm³/mol. The maximum Gasteiger partial charge on any atom is 0.330 e. The Kier molecular flexibility index (Phi) is 7.71. The van der Waals surface area contributed by atoms with Gasteiger partial charge in [0.2, 0.25) is 0 Å². The number of hydrogen-bond donors (Lipinski definition) is 2. The van der Waals surface area contributed by atoms with Gasteiger partial charge in [-0.2, -0.15) is 0 Å². The van der Waals surface area contributed by atoms with Crippen molar-refractivity contribution in [1.29, 1.82) is 0 Å². The Morgan fingerprint density at radius 1 is 1.18 bits per heavy atom. The second kappa shape index (κ2) is 9.80. The normalized spacial score (nSPS) is 10.9. The number of halogens is 2. The molecule has 2 aromatic rings. The van der Waals surface area contributed by atoms with Gasteiger partial charge < -0.3 is 10.6 Å². The lowest BCUT2D eigenvalue weighted by atomic mass is 10.1. The molecule has 2 rings (SSSR count). The highest BCUT2D eigenvalue weighted by Gasteiger charge is 2.26. The molecule has 0 atom stereocenters. The van der Waals surface area contributed by atoms with Gasteiger partial charge in [-0.3, -0.25) is 19.1 Å². The standard InChI is InChI=1S/C19H24Cl2N4O3/c1-3-5-9-24(18(27)13-8-7-12(20)11-14(13)21)15-16(22)25(10-6-4-2)19(28)23-17(15)26/h7-8,11H,3-6,9-10,22H2,1-2H3,(H,23,26,28). The second-order valence-corrected chi connectivity index (χ2v) is 7.28. The van der Waals surface area contributed by atoms with Gasteiger partial charge in [-0.15, -0.1) is 0 Å². The summed E-state index contributed by atoms with van der Waals surface area (Å²) in [6.45, 7) is 4.55. The summed E-state index contributed by atoms with van der Waals surface area (Å²) in [5.74, 6) is -0.509. The molecule has 0 aliphatic heterocycles. The molecule has 0 fully saturated rings. The first-order valence-corrected chi connectivity index (χ1v) is 9.96. The fraction of sp³-hybridized carbons (Fsp3) is 0.421. The number of nitrogens with one attached hydrogen (secondary N) is 1. The first-order valence-electron chi connectivity index (χ1n) is 9.21. The van der Waals surface area contributed by atoms with Crippen molar-refractivity contribution in [3.8, 4) is 0 Å². The van der Waals surface area contributed by atoms with Gasteiger partial charge in [-0.25, -0.2) is 4.79 Å². The summed E-state index contributed by atoms with van der Waals surface area (Å²) in [7, 11) is 0. The lowest BCUT2D eigenvalue weighted by molar-refractivity contribution is 0.0986. The van der Waals surface area contributed by atoms with E-state index in [-0.39, 0.29) is 28.6 Å².